The zero-order valence-electron chi connectivity index (χ0n) is 13.9. The minimum Gasteiger partial charge on any atom is -0.493 e. The molecule has 1 saturated carbocycles. The molecule has 25 heavy (non-hydrogen) atoms. The average Bonchev–Trinajstić information content (AvgIpc) is 3.29. The number of anilines is 1. The van der Waals surface area contributed by atoms with Crippen molar-refractivity contribution in [2.24, 2.45) is 0 Å². The lowest BCUT2D eigenvalue weighted by atomic mass is 9.89. The Labute approximate surface area is 144 Å². The van der Waals surface area contributed by atoms with Crippen molar-refractivity contribution in [1.29, 1.82) is 0 Å². The molecule has 0 bridgehead atoms. The molecule has 2 heterocycles. The lowest BCUT2D eigenvalue weighted by Crippen LogP contribution is -2.11. The number of amides is 1. The minimum absolute atomic E-state index is 0.0954. The van der Waals surface area contributed by atoms with Crippen LogP contribution in [0.25, 0.3) is 11.0 Å². The van der Waals surface area contributed by atoms with E-state index in [1.165, 1.54) is 19.3 Å². The van der Waals surface area contributed by atoms with Crippen LogP contribution < -0.4 is 10.1 Å². The minimum atomic E-state index is -0.433. The number of hydrogen-bond donors (Lipinski definition) is 1. The van der Waals surface area contributed by atoms with Gasteiger partial charge >= 0.3 is 6.01 Å². The van der Waals surface area contributed by atoms with E-state index in [0.29, 0.717) is 23.1 Å². The molecule has 4 rings (SSSR count). The van der Waals surface area contributed by atoms with Gasteiger partial charge in [0.15, 0.2) is 17.1 Å². The molecule has 0 saturated heterocycles. The summed E-state index contributed by atoms with van der Waals surface area (Å²) in [6.07, 6.45) is 5.72. The molecule has 1 aliphatic carbocycles. The maximum Gasteiger partial charge on any atom is 0.322 e. The van der Waals surface area contributed by atoms with Crippen LogP contribution in [0.2, 0.25) is 0 Å². The number of carbonyl (C=O) groups excluding carboxylic acids is 1. The largest absolute Gasteiger partial charge is 0.493 e. The molecule has 130 valence electrons. The Kier molecular flexibility index (Phi) is 4.13. The quantitative estimate of drug-likeness (QED) is 0.767. The van der Waals surface area contributed by atoms with Crippen molar-refractivity contribution >= 4 is 22.9 Å². The third-order valence-electron chi connectivity index (χ3n) is 4.57. The van der Waals surface area contributed by atoms with E-state index in [1.807, 2.05) is 12.1 Å². The lowest BCUT2D eigenvalue weighted by molar-refractivity contribution is 0.0995. The Morgan fingerprint density at radius 3 is 2.84 bits per heavy atom. The van der Waals surface area contributed by atoms with E-state index in [9.17, 15) is 4.79 Å². The second-order valence-corrected chi connectivity index (χ2v) is 6.22. The van der Waals surface area contributed by atoms with Crippen molar-refractivity contribution in [1.82, 2.24) is 10.2 Å². The number of nitrogens with one attached hydrogen (secondary N) is 1. The van der Waals surface area contributed by atoms with E-state index in [0.717, 1.165) is 18.2 Å². The predicted molar refractivity (Wildman–Crippen MR) is 90.8 cm³/mol. The SMILES string of the molecule is COc1cccc2cc(C(=O)Nc3nnc(C4CCCCC4)o3)oc12. The molecular formula is C18H19N3O4. The fourth-order valence-electron chi connectivity index (χ4n) is 3.27. The summed E-state index contributed by atoms with van der Waals surface area (Å²) in [5.74, 6) is 1.20. The highest BCUT2D eigenvalue weighted by molar-refractivity contribution is 6.04. The van der Waals surface area contributed by atoms with Crippen molar-refractivity contribution in [2.75, 3.05) is 12.4 Å². The molecule has 0 atom stereocenters. The topological polar surface area (TPSA) is 90.4 Å². The van der Waals surface area contributed by atoms with Crippen molar-refractivity contribution in [3.8, 4) is 5.75 Å². The molecule has 0 unspecified atom stereocenters. The molecule has 1 N–H and O–H groups in total. The summed E-state index contributed by atoms with van der Waals surface area (Å²) >= 11 is 0. The fraction of sp³-hybridized carbons (Fsp3) is 0.389. The summed E-state index contributed by atoms with van der Waals surface area (Å²) in [5, 5.41) is 11.4. The fourth-order valence-corrected chi connectivity index (χ4v) is 3.27. The number of para-hydroxylation sites is 1. The van der Waals surface area contributed by atoms with Gasteiger partial charge in [-0.1, -0.05) is 36.5 Å². The summed E-state index contributed by atoms with van der Waals surface area (Å²) < 4.78 is 16.5. The first-order chi connectivity index (χ1) is 12.2. The smallest absolute Gasteiger partial charge is 0.322 e. The van der Waals surface area contributed by atoms with E-state index >= 15 is 0 Å². The Balaban J connectivity index is 1.51. The molecule has 0 radical (unpaired) electrons. The Morgan fingerprint density at radius 1 is 1.20 bits per heavy atom. The van der Waals surface area contributed by atoms with Crippen LogP contribution in [-0.4, -0.2) is 23.2 Å². The van der Waals surface area contributed by atoms with Gasteiger partial charge in [-0.15, -0.1) is 5.10 Å². The predicted octanol–water partition coefficient (Wildman–Crippen LogP) is 4.12. The van der Waals surface area contributed by atoms with E-state index in [4.69, 9.17) is 13.6 Å². The highest BCUT2D eigenvalue weighted by atomic mass is 16.5. The van der Waals surface area contributed by atoms with E-state index in [1.54, 1.807) is 19.2 Å². The Bertz CT molecular complexity index is 893. The molecule has 1 aliphatic rings. The Morgan fingerprint density at radius 2 is 2.04 bits per heavy atom. The van der Waals surface area contributed by atoms with Crippen molar-refractivity contribution in [3.63, 3.8) is 0 Å². The summed E-state index contributed by atoms with van der Waals surface area (Å²) in [6, 6.07) is 7.23. The first kappa shape index (κ1) is 15.7. The number of aromatic nitrogens is 2. The number of benzene rings is 1. The van der Waals surface area contributed by atoms with E-state index in [-0.39, 0.29) is 11.8 Å². The van der Waals surface area contributed by atoms with Gasteiger partial charge in [-0.3, -0.25) is 10.1 Å². The van der Waals surface area contributed by atoms with Crippen LogP contribution in [0.5, 0.6) is 5.75 Å². The van der Waals surface area contributed by atoms with Gasteiger partial charge in [0.1, 0.15) is 0 Å². The van der Waals surface area contributed by atoms with Gasteiger partial charge in [-0.2, -0.15) is 0 Å². The molecule has 1 aromatic carbocycles. The highest BCUT2D eigenvalue weighted by Crippen LogP contribution is 2.32. The molecule has 1 amide bonds. The first-order valence-electron chi connectivity index (χ1n) is 8.46. The zero-order chi connectivity index (χ0) is 17.2. The monoisotopic (exact) mass is 341 g/mol. The van der Waals surface area contributed by atoms with Gasteiger partial charge in [0.25, 0.3) is 5.91 Å². The van der Waals surface area contributed by atoms with Crippen molar-refractivity contribution in [2.45, 2.75) is 38.0 Å². The van der Waals surface area contributed by atoms with Gasteiger partial charge < -0.3 is 13.6 Å². The molecule has 0 spiro atoms. The van der Waals surface area contributed by atoms with Crippen molar-refractivity contribution in [3.05, 3.63) is 35.9 Å². The maximum absolute atomic E-state index is 12.4. The molecule has 7 heteroatoms. The number of carbonyl (C=O) groups is 1. The summed E-state index contributed by atoms with van der Waals surface area (Å²) in [6.45, 7) is 0. The number of fused-ring (bicyclic) bond motifs is 1. The van der Waals surface area contributed by atoms with Crippen LogP contribution in [-0.2, 0) is 0 Å². The van der Waals surface area contributed by atoms with Gasteiger partial charge in [0.2, 0.25) is 5.89 Å². The Hall–Kier alpha value is -2.83. The molecular weight excluding hydrogens is 322 g/mol. The lowest BCUT2D eigenvalue weighted by Gasteiger charge is -2.17. The van der Waals surface area contributed by atoms with E-state index < -0.39 is 5.91 Å². The number of methoxy groups -OCH3 is 1. The number of hydrogen-bond acceptors (Lipinski definition) is 6. The third-order valence-corrected chi connectivity index (χ3v) is 4.57. The number of furan rings is 1. The third kappa shape index (κ3) is 3.09. The van der Waals surface area contributed by atoms with Crippen LogP contribution in [0.15, 0.2) is 33.1 Å². The molecule has 1 fully saturated rings. The number of rotatable bonds is 4. The summed E-state index contributed by atoms with van der Waals surface area (Å²) in [7, 11) is 1.56. The standard InChI is InChI=1S/C18H19N3O4/c1-23-13-9-5-8-12-10-14(24-15(12)13)16(22)19-18-21-20-17(25-18)11-6-3-2-4-7-11/h5,8-11H,2-4,6-7H2,1H3,(H,19,21,22). The van der Waals surface area contributed by atoms with Crippen LogP contribution in [0.4, 0.5) is 6.01 Å². The normalized spacial score (nSPS) is 15.4. The number of nitrogens with zero attached hydrogens (tertiary/aromatic N) is 2. The summed E-state index contributed by atoms with van der Waals surface area (Å²) in [5.41, 5.74) is 0.531. The zero-order valence-corrected chi connectivity index (χ0v) is 13.9. The molecule has 0 aliphatic heterocycles. The first-order valence-corrected chi connectivity index (χ1v) is 8.46. The highest BCUT2D eigenvalue weighted by Gasteiger charge is 2.23. The summed E-state index contributed by atoms with van der Waals surface area (Å²) in [4.78, 5) is 12.4. The second kappa shape index (κ2) is 6.58. The van der Waals surface area contributed by atoms with Crippen molar-refractivity contribution < 1.29 is 18.4 Å². The molecule has 2 aromatic heterocycles. The van der Waals surface area contributed by atoms with Crippen LogP contribution in [0.1, 0.15) is 54.5 Å². The van der Waals surface area contributed by atoms with Crippen LogP contribution in [0.3, 0.4) is 0 Å². The van der Waals surface area contributed by atoms with Gasteiger partial charge in [0, 0.05) is 11.3 Å². The van der Waals surface area contributed by atoms with Gasteiger partial charge in [-0.25, -0.2) is 0 Å². The molecule has 3 aromatic rings. The van der Waals surface area contributed by atoms with E-state index in [2.05, 4.69) is 15.5 Å². The second-order valence-electron chi connectivity index (χ2n) is 6.22. The average molecular weight is 341 g/mol. The van der Waals surface area contributed by atoms with Crippen LogP contribution in [0, 0.1) is 0 Å². The van der Waals surface area contributed by atoms with Crippen LogP contribution >= 0.6 is 0 Å². The maximum atomic E-state index is 12.4. The number of ether oxygens (including phenoxy) is 1. The van der Waals surface area contributed by atoms with Gasteiger partial charge in [-0.05, 0) is 25.0 Å². The van der Waals surface area contributed by atoms with Gasteiger partial charge in [0.05, 0.1) is 7.11 Å². The molecule has 7 nitrogen and oxygen atoms in total.